The number of halogens is 1. The van der Waals surface area contributed by atoms with Crippen molar-refractivity contribution in [2.24, 2.45) is 0 Å². The van der Waals surface area contributed by atoms with Gasteiger partial charge in [0.15, 0.2) is 11.5 Å². The maximum absolute atomic E-state index is 12.6. The molecular weight excluding hydrogens is 500 g/mol. The van der Waals surface area contributed by atoms with E-state index in [9.17, 15) is 4.79 Å². The number of rotatable bonds is 7. The van der Waals surface area contributed by atoms with Crippen molar-refractivity contribution in [2.75, 3.05) is 5.32 Å². The minimum atomic E-state index is -0.417. The highest BCUT2D eigenvalue weighted by Gasteiger charge is 2.16. The molecule has 1 amide bonds. The summed E-state index contributed by atoms with van der Waals surface area (Å²) in [6, 6.07) is 25.4. The van der Waals surface area contributed by atoms with E-state index in [2.05, 4.69) is 64.0 Å². The average Bonchev–Trinajstić information content (AvgIpc) is 3.55. The normalized spacial score (nSPS) is 10.9. The second-order valence-corrected chi connectivity index (χ2v) is 10.2. The number of aryl methyl sites for hydroxylation is 1. The number of thioether (sulfide) groups is 1. The van der Waals surface area contributed by atoms with E-state index in [-0.39, 0.29) is 5.69 Å². The molecule has 0 aliphatic rings. The van der Waals surface area contributed by atoms with Gasteiger partial charge in [-0.3, -0.25) is 10.1 Å². The lowest BCUT2D eigenvalue weighted by atomic mass is 10.1. The van der Waals surface area contributed by atoms with Crippen LogP contribution in [0.5, 0.6) is 0 Å². The van der Waals surface area contributed by atoms with Gasteiger partial charge in [-0.2, -0.15) is 0 Å². The van der Waals surface area contributed by atoms with E-state index in [0.29, 0.717) is 15.9 Å². The molecule has 0 bridgehead atoms. The Hall–Kier alpha value is -3.46. The summed E-state index contributed by atoms with van der Waals surface area (Å²) in [6.45, 7) is 2.09. The van der Waals surface area contributed by atoms with E-state index in [1.807, 2.05) is 12.1 Å². The molecule has 1 N–H and O–H groups in total. The predicted octanol–water partition coefficient (Wildman–Crippen LogP) is 7.37. The van der Waals surface area contributed by atoms with Gasteiger partial charge in [-0.25, -0.2) is 0 Å². The van der Waals surface area contributed by atoms with Crippen molar-refractivity contribution in [3.8, 4) is 21.9 Å². The van der Waals surface area contributed by atoms with Crippen LogP contribution in [0.3, 0.4) is 0 Å². The van der Waals surface area contributed by atoms with Gasteiger partial charge >= 0.3 is 0 Å². The van der Waals surface area contributed by atoms with Crippen LogP contribution < -0.4 is 5.32 Å². The highest BCUT2D eigenvalue weighted by atomic mass is 35.5. The van der Waals surface area contributed by atoms with Crippen LogP contribution in [0.2, 0.25) is 5.02 Å². The van der Waals surface area contributed by atoms with Gasteiger partial charge in [0, 0.05) is 32.9 Å². The van der Waals surface area contributed by atoms with Crippen LogP contribution in [0.4, 0.5) is 5.13 Å². The Morgan fingerprint density at radius 1 is 0.971 bits per heavy atom. The lowest BCUT2D eigenvalue weighted by Crippen LogP contribution is -2.11. The monoisotopic (exact) mass is 518 g/mol. The lowest BCUT2D eigenvalue weighted by molar-refractivity contribution is 0.101. The summed E-state index contributed by atoms with van der Waals surface area (Å²) in [5, 5.41) is 16.6. The summed E-state index contributed by atoms with van der Waals surface area (Å²) >= 11 is 9.02. The Balaban J connectivity index is 1.20. The van der Waals surface area contributed by atoms with Gasteiger partial charge in [0.05, 0.1) is 0 Å². The Kier molecular flexibility index (Phi) is 6.94. The van der Waals surface area contributed by atoms with E-state index < -0.39 is 5.91 Å². The molecule has 0 aliphatic carbocycles. The number of hydrogen-bond acceptors (Lipinski definition) is 7. The zero-order valence-corrected chi connectivity index (χ0v) is 21.0. The summed E-state index contributed by atoms with van der Waals surface area (Å²) in [7, 11) is 0. The quantitative estimate of drug-likeness (QED) is 0.226. The third-order valence-corrected chi connectivity index (χ3v) is 7.37. The minimum absolute atomic E-state index is 0.155. The van der Waals surface area contributed by atoms with Gasteiger partial charge in [-0.05, 0) is 48.9 Å². The van der Waals surface area contributed by atoms with Crippen molar-refractivity contribution in [3.63, 3.8) is 0 Å². The Morgan fingerprint density at radius 3 is 2.43 bits per heavy atom. The molecule has 0 spiro atoms. The molecule has 5 aromatic rings. The SMILES string of the molecule is Cc1ccc(SCc2ccc(-c3nnc(NC(=O)c4cc(-c5ccc(Cl)cc5)on4)s3)cc2)cc1. The third-order valence-electron chi connectivity index (χ3n) is 5.14. The van der Waals surface area contributed by atoms with E-state index in [1.54, 1.807) is 42.1 Å². The fourth-order valence-electron chi connectivity index (χ4n) is 3.23. The Morgan fingerprint density at radius 2 is 1.69 bits per heavy atom. The van der Waals surface area contributed by atoms with Crippen LogP contribution in [-0.4, -0.2) is 21.3 Å². The first-order valence-electron chi connectivity index (χ1n) is 10.7. The zero-order valence-electron chi connectivity index (χ0n) is 18.6. The third kappa shape index (κ3) is 5.79. The fourth-order valence-corrected chi connectivity index (χ4v) is 4.95. The van der Waals surface area contributed by atoms with Crippen LogP contribution in [0.25, 0.3) is 21.9 Å². The summed E-state index contributed by atoms with van der Waals surface area (Å²) in [4.78, 5) is 13.8. The van der Waals surface area contributed by atoms with Crippen LogP contribution in [0, 0.1) is 6.92 Å². The summed E-state index contributed by atoms with van der Waals surface area (Å²) in [5.74, 6) is 0.946. The van der Waals surface area contributed by atoms with Gasteiger partial charge in [0.25, 0.3) is 5.91 Å². The molecule has 0 saturated heterocycles. The van der Waals surface area contributed by atoms with Crippen molar-refractivity contribution < 1.29 is 9.32 Å². The van der Waals surface area contributed by atoms with E-state index in [4.69, 9.17) is 16.1 Å². The minimum Gasteiger partial charge on any atom is -0.355 e. The van der Waals surface area contributed by atoms with Crippen LogP contribution in [-0.2, 0) is 5.75 Å². The first-order chi connectivity index (χ1) is 17.0. The number of hydrogen-bond donors (Lipinski definition) is 1. The van der Waals surface area contributed by atoms with Gasteiger partial charge in [0.2, 0.25) is 5.13 Å². The molecule has 0 saturated carbocycles. The molecular formula is C26H19ClN4O2S2. The number of anilines is 1. The maximum Gasteiger partial charge on any atom is 0.279 e. The summed E-state index contributed by atoms with van der Waals surface area (Å²) in [5.41, 5.74) is 4.36. The maximum atomic E-state index is 12.6. The van der Waals surface area contributed by atoms with Crippen molar-refractivity contribution in [3.05, 3.63) is 101 Å². The molecule has 9 heteroatoms. The van der Waals surface area contributed by atoms with Crippen LogP contribution in [0.15, 0.2) is 88.3 Å². The van der Waals surface area contributed by atoms with E-state index in [1.165, 1.54) is 27.4 Å². The molecule has 0 atom stereocenters. The Bertz CT molecular complexity index is 1450. The molecule has 0 aliphatic heterocycles. The van der Waals surface area contributed by atoms with Crippen molar-refractivity contribution in [1.82, 2.24) is 15.4 Å². The standard InChI is InChI=1S/C26H19ClN4O2S2/c1-16-2-12-21(13-3-16)34-15-17-4-6-19(7-5-17)25-29-30-26(35-25)28-24(32)22-14-23(33-31-22)18-8-10-20(27)11-9-18/h2-14H,15H2,1H3,(H,28,30,32). The van der Waals surface area contributed by atoms with Gasteiger partial charge in [-0.15, -0.1) is 22.0 Å². The average molecular weight is 519 g/mol. The molecule has 0 fully saturated rings. The summed E-state index contributed by atoms with van der Waals surface area (Å²) < 4.78 is 5.30. The summed E-state index contributed by atoms with van der Waals surface area (Å²) in [6.07, 6.45) is 0. The number of nitrogens with zero attached hydrogens (tertiary/aromatic N) is 3. The molecule has 2 heterocycles. The molecule has 3 aromatic carbocycles. The van der Waals surface area contributed by atoms with Crippen LogP contribution >= 0.6 is 34.7 Å². The zero-order chi connectivity index (χ0) is 24.2. The van der Waals surface area contributed by atoms with E-state index >= 15 is 0 Å². The van der Waals surface area contributed by atoms with E-state index in [0.717, 1.165) is 21.9 Å². The number of nitrogens with one attached hydrogen (secondary N) is 1. The van der Waals surface area contributed by atoms with Crippen LogP contribution in [0.1, 0.15) is 21.6 Å². The molecule has 174 valence electrons. The smallest absolute Gasteiger partial charge is 0.279 e. The number of carbonyl (C=O) groups is 1. The van der Waals surface area contributed by atoms with Crippen molar-refractivity contribution in [1.29, 1.82) is 0 Å². The molecule has 0 radical (unpaired) electrons. The molecule has 6 nitrogen and oxygen atoms in total. The predicted molar refractivity (Wildman–Crippen MR) is 141 cm³/mol. The molecule has 0 unspecified atom stereocenters. The second-order valence-electron chi connectivity index (χ2n) is 7.75. The largest absolute Gasteiger partial charge is 0.355 e. The number of amides is 1. The van der Waals surface area contributed by atoms with Gasteiger partial charge in [0.1, 0.15) is 5.01 Å². The molecule has 5 rings (SSSR count). The Labute approximate surface area is 215 Å². The highest BCUT2D eigenvalue weighted by molar-refractivity contribution is 7.98. The molecule has 35 heavy (non-hydrogen) atoms. The fraction of sp³-hybridized carbons (Fsp3) is 0.0769. The molecule has 2 aromatic heterocycles. The van der Waals surface area contributed by atoms with Crippen molar-refractivity contribution >= 4 is 45.7 Å². The first-order valence-corrected chi connectivity index (χ1v) is 12.9. The number of benzene rings is 3. The van der Waals surface area contributed by atoms with Gasteiger partial charge in [-0.1, -0.05) is 70.1 Å². The number of carbonyl (C=O) groups excluding carboxylic acids is 1. The highest BCUT2D eigenvalue weighted by Crippen LogP contribution is 2.29. The lowest BCUT2D eigenvalue weighted by Gasteiger charge is -2.03. The number of aromatic nitrogens is 3. The van der Waals surface area contributed by atoms with Crippen molar-refractivity contribution in [2.45, 2.75) is 17.6 Å². The second kappa shape index (κ2) is 10.4. The van der Waals surface area contributed by atoms with Gasteiger partial charge < -0.3 is 4.52 Å². The topological polar surface area (TPSA) is 80.9 Å². The first kappa shape index (κ1) is 23.3.